The van der Waals surface area contributed by atoms with Crippen LogP contribution < -0.4 is 14.8 Å². The van der Waals surface area contributed by atoms with Crippen molar-refractivity contribution >= 4 is 11.3 Å². The third-order valence-electron chi connectivity index (χ3n) is 7.55. The van der Waals surface area contributed by atoms with E-state index in [-0.39, 0.29) is 0 Å². The van der Waals surface area contributed by atoms with Gasteiger partial charge in [0.25, 0.3) is 0 Å². The van der Waals surface area contributed by atoms with Gasteiger partial charge in [0, 0.05) is 17.0 Å². The quantitative estimate of drug-likeness (QED) is 0.519. The molecule has 2 unspecified atom stereocenters. The fraction of sp³-hybridized carbons (Fsp3) is 0.615. The molecule has 3 nitrogen and oxygen atoms in total. The maximum absolute atomic E-state index is 6.06. The summed E-state index contributed by atoms with van der Waals surface area (Å²) in [4.78, 5) is 1.23. The molecule has 4 aliphatic rings. The summed E-state index contributed by atoms with van der Waals surface area (Å²) in [5.74, 6) is 2.61. The molecule has 0 spiro atoms. The van der Waals surface area contributed by atoms with Gasteiger partial charge in [-0.25, -0.2) is 0 Å². The Hall–Kier alpha value is -1.52. The van der Waals surface area contributed by atoms with E-state index in [1.54, 1.807) is 11.3 Å². The molecule has 4 bridgehead atoms. The molecule has 30 heavy (non-hydrogen) atoms. The lowest BCUT2D eigenvalue weighted by molar-refractivity contribution is -0.118. The predicted molar refractivity (Wildman–Crippen MR) is 123 cm³/mol. The summed E-state index contributed by atoms with van der Waals surface area (Å²) in [5, 5.41) is 6.13. The van der Waals surface area contributed by atoms with Crippen LogP contribution in [0.4, 0.5) is 0 Å². The first kappa shape index (κ1) is 20.4. The highest BCUT2D eigenvalue weighted by molar-refractivity contribution is 7.09. The van der Waals surface area contributed by atoms with Gasteiger partial charge in [-0.05, 0) is 91.3 Å². The minimum Gasteiger partial charge on any atom is -0.490 e. The van der Waals surface area contributed by atoms with Crippen molar-refractivity contribution in [2.24, 2.45) is 16.7 Å². The van der Waals surface area contributed by atoms with Gasteiger partial charge in [-0.2, -0.15) is 0 Å². The summed E-state index contributed by atoms with van der Waals surface area (Å²) in [5.41, 5.74) is 2.69. The lowest BCUT2D eigenvalue weighted by Gasteiger charge is -2.65. The van der Waals surface area contributed by atoms with E-state index in [1.807, 2.05) is 6.92 Å². The molecule has 2 atom stereocenters. The molecule has 0 amide bonds. The fourth-order valence-electron chi connectivity index (χ4n) is 7.53. The molecule has 1 aromatic carbocycles. The zero-order valence-corrected chi connectivity index (χ0v) is 19.4. The molecule has 1 heterocycles. The first-order valence-corrected chi connectivity index (χ1v) is 12.4. The molecule has 2 aromatic rings. The van der Waals surface area contributed by atoms with Crippen molar-refractivity contribution in [3.8, 4) is 11.5 Å². The molecule has 4 aliphatic carbocycles. The maximum Gasteiger partial charge on any atom is 0.161 e. The molecule has 1 aromatic heterocycles. The van der Waals surface area contributed by atoms with Crippen molar-refractivity contribution in [3.63, 3.8) is 0 Å². The summed E-state index contributed by atoms with van der Waals surface area (Å²) in [6.45, 7) is 9.26. The predicted octanol–water partition coefficient (Wildman–Crippen LogP) is 6.56. The number of rotatable bonds is 8. The number of hydrogen-bond acceptors (Lipinski definition) is 4. The van der Waals surface area contributed by atoms with Crippen LogP contribution in [0.15, 0.2) is 35.7 Å². The van der Waals surface area contributed by atoms with Crippen LogP contribution in [-0.4, -0.2) is 12.1 Å². The highest BCUT2D eigenvalue weighted by atomic mass is 32.1. The van der Waals surface area contributed by atoms with E-state index < -0.39 is 0 Å². The molecule has 1 N–H and O–H groups in total. The van der Waals surface area contributed by atoms with Crippen molar-refractivity contribution in [1.82, 2.24) is 5.32 Å². The van der Waals surface area contributed by atoms with E-state index >= 15 is 0 Å². The van der Waals surface area contributed by atoms with Crippen LogP contribution in [0.25, 0.3) is 0 Å². The van der Waals surface area contributed by atoms with Crippen LogP contribution in [0.5, 0.6) is 11.5 Å². The minimum atomic E-state index is 0.322. The normalized spacial score (nSPS) is 34.3. The third-order valence-corrected chi connectivity index (χ3v) is 8.40. The van der Waals surface area contributed by atoms with E-state index in [2.05, 4.69) is 54.9 Å². The van der Waals surface area contributed by atoms with Crippen LogP contribution in [0.2, 0.25) is 0 Å². The van der Waals surface area contributed by atoms with E-state index in [1.165, 1.54) is 49.0 Å². The average Bonchev–Trinajstić information content (AvgIpc) is 3.17. The molecule has 4 saturated carbocycles. The van der Waals surface area contributed by atoms with Crippen molar-refractivity contribution in [3.05, 3.63) is 46.2 Å². The Labute approximate surface area is 185 Å². The van der Waals surface area contributed by atoms with Crippen LogP contribution in [-0.2, 0) is 13.2 Å². The zero-order valence-electron chi connectivity index (χ0n) is 18.6. The monoisotopic (exact) mass is 425 g/mol. The van der Waals surface area contributed by atoms with Gasteiger partial charge in [0.1, 0.15) is 6.61 Å². The largest absolute Gasteiger partial charge is 0.490 e. The van der Waals surface area contributed by atoms with E-state index in [0.29, 0.717) is 29.6 Å². The van der Waals surface area contributed by atoms with E-state index in [9.17, 15) is 0 Å². The molecular weight excluding hydrogens is 390 g/mol. The lowest BCUT2D eigenvalue weighted by atomic mass is 9.43. The summed E-state index contributed by atoms with van der Waals surface area (Å²) < 4.78 is 12.0. The Morgan fingerprint density at radius 3 is 2.47 bits per heavy atom. The highest BCUT2D eigenvalue weighted by Crippen LogP contribution is 2.66. The first-order valence-electron chi connectivity index (χ1n) is 11.5. The number of benzene rings is 1. The van der Waals surface area contributed by atoms with E-state index in [4.69, 9.17) is 9.47 Å². The van der Waals surface area contributed by atoms with Gasteiger partial charge in [-0.15, -0.1) is 11.3 Å². The van der Waals surface area contributed by atoms with Crippen LogP contribution >= 0.6 is 11.3 Å². The summed E-state index contributed by atoms with van der Waals surface area (Å²) in [7, 11) is 0. The topological polar surface area (TPSA) is 30.5 Å². The first-order chi connectivity index (χ1) is 14.4. The zero-order chi connectivity index (χ0) is 20.8. The molecule has 0 radical (unpaired) electrons. The van der Waals surface area contributed by atoms with Gasteiger partial charge in [0.15, 0.2) is 11.5 Å². The number of hydrogen-bond donors (Lipinski definition) is 1. The van der Waals surface area contributed by atoms with Crippen LogP contribution in [0.3, 0.4) is 0 Å². The lowest BCUT2D eigenvalue weighted by Crippen LogP contribution is -2.63. The Morgan fingerprint density at radius 1 is 1.00 bits per heavy atom. The maximum atomic E-state index is 6.06. The Kier molecular flexibility index (Phi) is 5.14. The SMILES string of the molecule is CCOc1cc(CNC23CC4CC(C)(CC(C)(C4)C2)C3)ccc1OCc1cccs1. The molecule has 0 saturated heterocycles. The second-order valence-corrected chi connectivity index (χ2v) is 11.9. The molecule has 4 fully saturated rings. The van der Waals surface area contributed by atoms with E-state index in [0.717, 1.165) is 24.0 Å². The smallest absolute Gasteiger partial charge is 0.161 e. The molecular formula is C26H35NO2S. The Morgan fingerprint density at radius 2 is 1.80 bits per heavy atom. The Bertz CT molecular complexity index is 874. The second-order valence-electron chi connectivity index (χ2n) is 10.8. The summed E-state index contributed by atoms with van der Waals surface area (Å²) in [6.07, 6.45) is 8.34. The minimum absolute atomic E-state index is 0.322. The van der Waals surface area contributed by atoms with Crippen molar-refractivity contribution in [1.29, 1.82) is 0 Å². The van der Waals surface area contributed by atoms with Gasteiger partial charge in [-0.1, -0.05) is 26.0 Å². The fourth-order valence-corrected chi connectivity index (χ4v) is 8.14. The van der Waals surface area contributed by atoms with Crippen molar-refractivity contribution in [2.45, 2.75) is 78.0 Å². The molecule has 162 valence electrons. The standard InChI is InChI=1S/C26H35NO2S/c1-4-28-23-10-19(7-8-22(23)29-15-21-6-5-9-30-21)14-27-26-13-20-11-24(2,17-26)16-25(3,12-20)18-26/h5-10,20,27H,4,11-18H2,1-3H3. The number of thiophene rings is 1. The van der Waals surface area contributed by atoms with Crippen molar-refractivity contribution < 1.29 is 9.47 Å². The highest BCUT2D eigenvalue weighted by Gasteiger charge is 2.59. The molecule has 4 heteroatoms. The molecule has 0 aliphatic heterocycles. The van der Waals surface area contributed by atoms with Gasteiger partial charge in [0.2, 0.25) is 0 Å². The van der Waals surface area contributed by atoms with Gasteiger partial charge >= 0.3 is 0 Å². The second kappa shape index (κ2) is 7.56. The van der Waals surface area contributed by atoms with Gasteiger partial charge in [-0.3, -0.25) is 0 Å². The molecule has 6 rings (SSSR count). The summed E-state index contributed by atoms with van der Waals surface area (Å²) >= 11 is 1.72. The third kappa shape index (κ3) is 4.01. The average molecular weight is 426 g/mol. The van der Waals surface area contributed by atoms with Gasteiger partial charge < -0.3 is 14.8 Å². The van der Waals surface area contributed by atoms with Gasteiger partial charge in [0.05, 0.1) is 6.61 Å². The Balaban J connectivity index is 1.28. The van der Waals surface area contributed by atoms with Crippen LogP contribution in [0.1, 0.15) is 69.7 Å². The summed E-state index contributed by atoms with van der Waals surface area (Å²) in [6, 6.07) is 10.6. The van der Waals surface area contributed by atoms with Crippen molar-refractivity contribution in [2.75, 3.05) is 6.61 Å². The number of ether oxygens (including phenoxy) is 2. The number of nitrogens with one attached hydrogen (secondary N) is 1. The van der Waals surface area contributed by atoms with Crippen LogP contribution in [0, 0.1) is 16.7 Å².